The van der Waals surface area contributed by atoms with Crippen LogP contribution in [-0.4, -0.2) is 31.1 Å². The SMILES string of the molecule is CCCOc1ccc(OCC(=O)N(C)C(C)c2ccc(F)c(F)c2)cc1. The molecule has 0 aliphatic rings. The number of benzene rings is 2. The standard InChI is InChI=1S/C20H23F2NO3/c1-4-11-25-16-6-8-17(9-7-16)26-13-20(24)23(3)14(2)15-5-10-18(21)19(22)12-15/h5-10,12,14H,4,11,13H2,1-3H3. The lowest BCUT2D eigenvalue weighted by atomic mass is 10.1. The molecule has 6 heteroatoms. The van der Waals surface area contributed by atoms with Gasteiger partial charge in [0.2, 0.25) is 0 Å². The van der Waals surface area contributed by atoms with Gasteiger partial charge in [-0.1, -0.05) is 13.0 Å². The van der Waals surface area contributed by atoms with Crippen LogP contribution in [0.2, 0.25) is 0 Å². The first-order valence-corrected chi connectivity index (χ1v) is 8.48. The van der Waals surface area contributed by atoms with Gasteiger partial charge in [0.05, 0.1) is 12.6 Å². The van der Waals surface area contributed by atoms with E-state index < -0.39 is 17.7 Å². The van der Waals surface area contributed by atoms with Gasteiger partial charge in [0.25, 0.3) is 5.91 Å². The number of halogens is 2. The summed E-state index contributed by atoms with van der Waals surface area (Å²) in [6.45, 7) is 4.26. The monoisotopic (exact) mass is 363 g/mol. The molecular formula is C20H23F2NO3. The highest BCUT2D eigenvalue weighted by Crippen LogP contribution is 2.22. The second-order valence-electron chi connectivity index (χ2n) is 5.96. The lowest BCUT2D eigenvalue weighted by molar-refractivity contribution is -0.134. The van der Waals surface area contributed by atoms with E-state index in [1.807, 2.05) is 6.92 Å². The Balaban J connectivity index is 1.90. The van der Waals surface area contributed by atoms with Crippen LogP contribution in [0.15, 0.2) is 42.5 Å². The maximum atomic E-state index is 13.4. The minimum Gasteiger partial charge on any atom is -0.494 e. The van der Waals surface area contributed by atoms with Gasteiger partial charge in [-0.25, -0.2) is 8.78 Å². The maximum Gasteiger partial charge on any atom is 0.260 e. The van der Waals surface area contributed by atoms with Crippen molar-refractivity contribution < 1.29 is 23.0 Å². The molecule has 0 bridgehead atoms. The second-order valence-corrected chi connectivity index (χ2v) is 5.96. The highest BCUT2D eigenvalue weighted by molar-refractivity contribution is 5.78. The molecule has 26 heavy (non-hydrogen) atoms. The molecule has 140 valence electrons. The number of amides is 1. The highest BCUT2D eigenvalue weighted by Gasteiger charge is 2.19. The second kappa shape index (κ2) is 9.17. The van der Waals surface area contributed by atoms with Gasteiger partial charge < -0.3 is 14.4 Å². The number of hydrogen-bond donors (Lipinski definition) is 0. The van der Waals surface area contributed by atoms with Crippen LogP contribution in [0.4, 0.5) is 8.78 Å². The molecule has 2 aromatic carbocycles. The number of nitrogens with zero attached hydrogens (tertiary/aromatic N) is 1. The van der Waals surface area contributed by atoms with Crippen molar-refractivity contribution in [1.82, 2.24) is 4.90 Å². The zero-order valence-corrected chi connectivity index (χ0v) is 15.2. The fraction of sp³-hybridized carbons (Fsp3) is 0.350. The average molecular weight is 363 g/mol. The van der Waals surface area contributed by atoms with Crippen molar-refractivity contribution in [3.05, 3.63) is 59.7 Å². The summed E-state index contributed by atoms with van der Waals surface area (Å²) in [5, 5.41) is 0. The summed E-state index contributed by atoms with van der Waals surface area (Å²) in [4.78, 5) is 13.7. The summed E-state index contributed by atoms with van der Waals surface area (Å²) in [6.07, 6.45) is 0.926. The zero-order valence-electron chi connectivity index (χ0n) is 15.2. The van der Waals surface area contributed by atoms with Gasteiger partial charge in [-0.2, -0.15) is 0 Å². The van der Waals surface area contributed by atoms with E-state index in [-0.39, 0.29) is 12.5 Å². The molecule has 0 N–H and O–H groups in total. The van der Waals surface area contributed by atoms with Gasteiger partial charge >= 0.3 is 0 Å². The van der Waals surface area contributed by atoms with Crippen molar-refractivity contribution in [3.8, 4) is 11.5 Å². The van der Waals surface area contributed by atoms with Crippen LogP contribution in [0.3, 0.4) is 0 Å². The molecule has 0 radical (unpaired) electrons. The topological polar surface area (TPSA) is 38.8 Å². The van der Waals surface area contributed by atoms with Crippen LogP contribution in [0.5, 0.6) is 11.5 Å². The minimum atomic E-state index is -0.933. The Hall–Kier alpha value is -2.63. The first-order chi connectivity index (χ1) is 12.4. The fourth-order valence-electron chi connectivity index (χ4n) is 2.31. The molecule has 0 saturated carbocycles. The molecule has 0 aliphatic heterocycles. The number of rotatable bonds is 8. The van der Waals surface area contributed by atoms with Crippen molar-refractivity contribution in [2.75, 3.05) is 20.3 Å². The smallest absolute Gasteiger partial charge is 0.260 e. The molecule has 1 atom stereocenters. The van der Waals surface area contributed by atoms with Crippen molar-refractivity contribution in [1.29, 1.82) is 0 Å². The Labute approximate surface area is 152 Å². The summed E-state index contributed by atoms with van der Waals surface area (Å²) in [5.41, 5.74) is 0.511. The van der Waals surface area contributed by atoms with Gasteiger partial charge in [-0.15, -0.1) is 0 Å². The lowest BCUT2D eigenvalue weighted by Crippen LogP contribution is -2.33. The van der Waals surface area contributed by atoms with E-state index in [1.54, 1.807) is 38.2 Å². The predicted octanol–water partition coefficient (Wildman–Crippen LogP) is 4.35. The number of ether oxygens (including phenoxy) is 2. The normalized spacial score (nSPS) is 11.7. The Bertz CT molecular complexity index is 734. The number of hydrogen-bond acceptors (Lipinski definition) is 3. The van der Waals surface area contributed by atoms with E-state index in [2.05, 4.69) is 0 Å². The van der Waals surface area contributed by atoms with Crippen molar-refractivity contribution in [2.24, 2.45) is 0 Å². The first kappa shape index (κ1) is 19.7. The zero-order chi connectivity index (χ0) is 19.1. The third-order valence-corrected chi connectivity index (χ3v) is 4.06. The Morgan fingerprint density at radius 2 is 1.65 bits per heavy atom. The van der Waals surface area contributed by atoms with Crippen LogP contribution in [-0.2, 0) is 4.79 Å². The van der Waals surface area contributed by atoms with Crippen molar-refractivity contribution in [2.45, 2.75) is 26.3 Å². The van der Waals surface area contributed by atoms with E-state index in [0.29, 0.717) is 17.9 Å². The quantitative estimate of drug-likeness (QED) is 0.700. The molecule has 1 amide bonds. The van der Waals surface area contributed by atoms with Gasteiger partial charge in [0, 0.05) is 7.05 Å². The Kier molecular flexibility index (Phi) is 6.95. The molecule has 0 saturated heterocycles. The van der Waals surface area contributed by atoms with E-state index in [1.165, 1.54) is 11.0 Å². The summed E-state index contributed by atoms with van der Waals surface area (Å²) < 4.78 is 37.4. The highest BCUT2D eigenvalue weighted by atomic mass is 19.2. The Morgan fingerprint density at radius 1 is 1.04 bits per heavy atom. The first-order valence-electron chi connectivity index (χ1n) is 8.48. The molecule has 2 aromatic rings. The predicted molar refractivity (Wildman–Crippen MR) is 95.3 cm³/mol. The lowest BCUT2D eigenvalue weighted by Gasteiger charge is -2.25. The van der Waals surface area contributed by atoms with E-state index >= 15 is 0 Å². The third-order valence-electron chi connectivity index (χ3n) is 4.06. The molecule has 2 rings (SSSR count). The number of carbonyl (C=O) groups excluding carboxylic acids is 1. The molecule has 0 spiro atoms. The van der Waals surface area contributed by atoms with Crippen LogP contribution >= 0.6 is 0 Å². The van der Waals surface area contributed by atoms with Crippen LogP contribution in [0.25, 0.3) is 0 Å². The van der Waals surface area contributed by atoms with Crippen LogP contribution in [0.1, 0.15) is 31.9 Å². The van der Waals surface area contributed by atoms with E-state index in [0.717, 1.165) is 24.3 Å². The van der Waals surface area contributed by atoms with Crippen LogP contribution in [0, 0.1) is 11.6 Å². The molecular weight excluding hydrogens is 340 g/mol. The average Bonchev–Trinajstić information content (AvgIpc) is 2.66. The van der Waals surface area contributed by atoms with Crippen LogP contribution < -0.4 is 9.47 Å². The summed E-state index contributed by atoms with van der Waals surface area (Å²) in [5.74, 6) is -0.819. The van der Waals surface area contributed by atoms with Gasteiger partial charge in [-0.05, 0) is 55.3 Å². The number of likely N-dealkylation sites (N-methyl/N-ethyl adjacent to an activating group) is 1. The van der Waals surface area contributed by atoms with Crippen molar-refractivity contribution in [3.63, 3.8) is 0 Å². The van der Waals surface area contributed by atoms with Crippen molar-refractivity contribution >= 4 is 5.91 Å². The van der Waals surface area contributed by atoms with Gasteiger partial charge in [0.15, 0.2) is 18.2 Å². The summed E-state index contributed by atoms with van der Waals surface area (Å²) in [6, 6.07) is 10.2. The molecule has 0 aliphatic carbocycles. The minimum absolute atomic E-state index is 0.153. The van der Waals surface area contributed by atoms with E-state index in [4.69, 9.17) is 9.47 Å². The largest absolute Gasteiger partial charge is 0.494 e. The summed E-state index contributed by atoms with van der Waals surface area (Å²) >= 11 is 0. The van der Waals surface area contributed by atoms with E-state index in [9.17, 15) is 13.6 Å². The fourth-order valence-corrected chi connectivity index (χ4v) is 2.31. The molecule has 0 fully saturated rings. The number of carbonyl (C=O) groups is 1. The molecule has 0 aromatic heterocycles. The van der Waals surface area contributed by atoms with Gasteiger partial charge in [0.1, 0.15) is 11.5 Å². The summed E-state index contributed by atoms with van der Waals surface area (Å²) in [7, 11) is 1.60. The Morgan fingerprint density at radius 3 is 2.23 bits per heavy atom. The molecule has 0 heterocycles. The molecule has 1 unspecified atom stereocenters. The maximum absolute atomic E-state index is 13.4. The molecule has 4 nitrogen and oxygen atoms in total. The third kappa shape index (κ3) is 5.18. The van der Waals surface area contributed by atoms with Gasteiger partial charge in [-0.3, -0.25) is 4.79 Å².